The van der Waals surface area contributed by atoms with Crippen molar-refractivity contribution in [3.8, 4) is 0 Å². The van der Waals surface area contributed by atoms with Gasteiger partial charge in [-0.15, -0.1) is 0 Å². The Morgan fingerprint density at radius 2 is 1.55 bits per heavy atom. The summed E-state index contributed by atoms with van der Waals surface area (Å²) in [5.74, 6) is -0.731. The average molecular weight is 445 g/mol. The highest BCUT2D eigenvalue weighted by molar-refractivity contribution is 7.89. The summed E-state index contributed by atoms with van der Waals surface area (Å²) in [6, 6.07) is 12.8. The van der Waals surface area contributed by atoms with E-state index in [2.05, 4.69) is 0 Å². The Labute approximate surface area is 181 Å². The molecule has 0 saturated carbocycles. The summed E-state index contributed by atoms with van der Waals surface area (Å²) in [5.41, 5.74) is 1.62. The molecule has 1 aliphatic rings. The van der Waals surface area contributed by atoms with Crippen LogP contribution < -0.4 is 0 Å². The van der Waals surface area contributed by atoms with E-state index in [4.69, 9.17) is 4.74 Å². The molecule has 1 heterocycles. The number of unbranched alkanes of at least 4 members (excludes halogenated alkanes) is 1. The lowest BCUT2D eigenvalue weighted by atomic mass is 10.1. The van der Waals surface area contributed by atoms with Crippen molar-refractivity contribution in [1.82, 2.24) is 9.21 Å². The maximum atomic E-state index is 13.0. The number of hydrogen-bond donors (Lipinski definition) is 0. The highest BCUT2D eigenvalue weighted by Gasteiger charge is 2.35. The molecule has 2 aromatic rings. The molecular formula is C22H24N2O6S. The Bertz CT molecular complexity index is 1060. The van der Waals surface area contributed by atoms with Crippen LogP contribution in [0.25, 0.3) is 0 Å². The van der Waals surface area contributed by atoms with Crippen LogP contribution in [0.5, 0.6) is 0 Å². The second-order valence-electron chi connectivity index (χ2n) is 7.10. The van der Waals surface area contributed by atoms with Crippen LogP contribution in [0.3, 0.4) is 0 Å². The zero-order valence-electron chi connectivity index (χ0n) is 17.4. The average Bonchev–Trinajstić information content (AvgIpc) is 2.99. The number of fused-ring (bicyclic) bond motifs is 1. The van der Waals surface area contributed by atoms with Crippen molar-refractivity contribution in [3.05, 3.63) is 65.2 Å². The minimum atomic E-state index is -4.09. The number of imide groups is 1. The molecule has 0 atom stereocenters. The van der Waals surface area contributed by atoms with Crippen molar-refractivity contribution >= 4 is 27.9 Å². The molecule has 0 aliphatic carbocycles. The van der Waals surface area contributed by atoms with Crippen LogP contribution in [0.1, 0.15) is 46.0 Å². The zero-order chi connectivity index (χ0) is 22.6. The van der Waals surface area contributed by atoms with Crippen LogP contribution in [0.4, 0.5) is 4.79 Å². The van der Waals surface area contributed by atoms with Crippen LogP contribution in [-0.2, 0) is 14.8 Å². The van der Waals surface area contributed by atoms with E-state index in [1.165, 1.54) is 12.1 Å². The van der Waals surface area contributed by atoms with Gasteiger partial charge in [0.2, 0.25) is 0 Å². The van der Waals surface area contributed by atoms with Crippen LogP contribution in [0.15, 0.2) is 53.4 Å². The number of carbonyl (C=O) groups is 3. The third-order valence-electron chi connectivity index (χ3n) is 4.95. The fraction of sp³-hybridized carbons (Fsp3) is 0.318. The highest BCUT2D eigenvalue weighted by atomic mass is 32.2. The SMILES string of the molecule is CCOC(=O)N(CCCCN1C(=O)c2ccccc2C1=O)S(=O)(=O)c1ccc(C)cc1. The summed E-state index contributed by atoms with van der Waals surface area (Å²) in [6.07, 6.45) is -0.356. The molecule has 1 aliphatic heterocycles. The van der Waals surface area contributed by atoms with E-state index in [0.29, 0.717) is 21.9 Å². The molecule has 0 fully saturated rings. The normalized spacial score (nSPS) is 13.3. The summed E-state index contributed by atoms with van der Waals surface area (Å²) >= 11 is 0. The van der Waals surface area contributed by atoms with E-state index in [1.54, 1.807) is 43.3 Å². The molecular weight excluding hydrogens is 420 g/mol. The van der Waals surface area contributed by atoms with Crippen molar-refractivity contribution in [2.24, 2.45) is 0 Å². The fourth-order valence-electron chi connectivity index (χ4n) is 3.31. The van der Waals surface area contributed by atoms with Crippen molar-refractivity contribution in [2.45, 2.75) is 31.6 Å². The first-order chi connectivity index (χ1) is 14.8. The second-order valence-corrected chi connectivity index (χ2v) is 8.97. The monoisotopic (exact) mass is 444 g/mol. The van der Waals surface area contributed by atoms with Crippen molar-refractivity contribution < 1.29 is 27.5 Å². The van der Waals surface area contributed by atoms with Crippen LogP contribution >= 0.6 is 0 Å². The van der Waals surface area contributed by atoms with Gasteiger partial charge in [-0.2, -0.15) is 0 Å². The van der Waals surface area contributed by atoms with E-state index in [-0.39, 0.29) is 42.8 Å². The van der Waals surface area contributed by atoms with Gasteiger partial charge < -0.3 is 4.74 Å². The second kappa shape index (κ2) is 9.30. The molecule has 2 aromatic carbocycles. The minimum Gasteiger partial charge on any atom is -0.449 e. The van der Waals surface area contributed by atoms with Crippen LogP contribution in [-0.4, -0.2) is 55.2 Å². The Morgan fingerprint density at radius 1 is 0.968 bits per heavy atom. The Balaban J connectivity index is 1.67. The van der Waals surface area contributed by atoms with Gasteiger partial charge in [0.15, 0.2) is 0 Å². The number of ether oxygens (including phenoxy) is 1. The Hall–Kier alpha value is -3.20. The van der Waals surface area contributed by atoms with Crippen molar-refractivity contribution in [2.75, 3.05) is 19.7 Å². The van der Waals surface area contributed by atoms with E-state index < -0.39 is 16.1 Å². The molecule has 0 aromatic heterocycles. The minimum absolute atomic E-state index is 0.00787. The van der Waals surface area contributed by atoms with Gasteiger partial charge in [0.25, 0.3) is 21.8 Å². The van der Waals surface area contributed by atoms with Gasteiger partial charge in [-0.3, -0.25) is 14.5 Å². The topological polar surface area (TPSA) is 101 Å². The smallest absolute Gasteiger partial charge is 0.423 e. The van der Waals surface area contributed by atoms with Gasteiger partial charge in [-0.1, -0.05) is 29.8 Å². The van der Waals surface area contributed by atoms with E-state index in [9.17, 15) is 22.8 Å². The first-order valence-corrected chi connectivity index (χ1v) is 11.4. The van der Waals surface area contributed by atoms with Gasteiger partial charge in [0.1, 0.15) is 0 Å². The van der Waals surface area contributed by atoms with Gasteiger partial charge in [0.05, 0.1) is 22.6 Å². The van der Waals surface area contributed by atoms with E-state index in [1.807, 2.05) is 6.92 Å². The van der Waals surface area contributed by atoms with Crippen LogP contribution in [0, 0.1) is 6.92 Å². The number of amides is 3. The predicted octanol–water partition coefficient (Wildman–Crippen LogP) is 3.22. The highest BCUT2D eigenvalue weighted by Crippen LogP contribution is 2.23. The number of nitrogens with zero attached hydrogens (tertiary/aromatic N) is 2. The number of sulfonamides is 1. The summed E-state index contributed by atoms with van der Waals surface area (Å²) in [6.45, 7) is 3.47. The van der Waals surface area contributed by atoms with E-state index >= 15 is 0 Å². The van der Waals surface area contributed by atoms with Gasteiger partial charge in [-0.05, 0) is 51.0 Å². The van der Waals surface area contributed by atoms with Gasteiger partial charge in [0, 0.05) is 13.1 Å². The molecule has 3 rings (SSSR count). The van der Waals surface area contributed by atoms with Crippen LogP contribution in [0.2, 0.25) is 0 Å². The lowest BCUT2D eigenvalue weighted by molar-refractivity contribution is 0.0649. The summed E-state index contributed by atoms with van der Waals surface area (Å²) < 4.78 is 31.6. The first kappa shape index (κ1) is 22.5. The molecule has 3 amide bonds. The summed E-state index contributed by atoms with van der Waals surface area (Å²) in [4.78, 5) is 38.3. The summed E-state index contributed by atoms with van der Waals surface area (Å²) in [5, 5.41) is 0. The number of carbonyl (C=O) groups excluding carboxylic acids is 3. The molecule has 0 bridgehead atoms. The molecule has 9 heteroatoms. The van der Waals surface area contributed by atoms with Crippen molar-refractivity contribution in [1.29, 1.82) is 0 Å². The standard InChI is InChI=1S/C22H24N2O6S/c1-3-30-22(27)24(31(28,29)17-12-10-16(2)11-13-17)15-7-6-14-23-20(25)18-8-4-5-9-19(18)21(23)26/h4-5,8-13H,3,6-7,14-15H2,1-2H3. The predicted molar refractivity (Wildman–Crippen MR) is 113 cm³/mol. The zero-order valence-corrected chi connectivity index (χ0v) is 18.2. The van der Waals surface area contributed by atoms with E-state index in [0.717, 1.165) is 10.5 Å². The molecule has 0 saturated heterocycles. The quantitative estimate of drug-likeness (QED) is 0.458. The largest absolute Gasteiger partial charge is 0.449 e. The lowest BCUT2D eigenvalue weighted by Gasteiger charge is -2.22. The van der Waals surface area contributed by atoms with Gasteiger partial charge in [-0.25, -0.2) is 17.5 Å². The first-order valence-electron chi connectivity index (χ1n) is 9.98. The molecule has 0 radical (unpaired) electrons. The number of benzene rings is 2. The lowest BCUT2D eigenvalue weighted by Crippen LogP contribution is -2.38. The fourth-order valence-corrected chi connectivity index (χ4v) is 4.66. The molecule has 164 valence electrons. The third-order valence-corrected chi connectivity index (χ3v) is 6.73. The number of hydrogen-bond acceptors (Lipinski definition) is 6. The maximum Gasteiger partial charge on any atom is 0.423 e. The molecule has 8 nitrogen and oxygen atoms in total. The Kier molecular flexibility index (Phi) is 6.74. The number of rotatable bonds is 8. The number of aryl methyl sites for hydroxylation is 1. The molecule has 31 heavy (non-hydrogen) atoms. The van der Waals surface area contributed by atoms with Crippen molar-refractivity contribution in [3.63, 3.8) is 0 Å². The summed E-state index contributed by atoms with van der Waals surface area (Å²) in [7, 11) is -4.09. The Morgan fingerprint density at radius 3 is 2.10 bits per heavy atom. The maximum absolute atomic E-state index is 13.0. The molecule has 0 spiro atoms. The van der Waals surface area contributed by atoms with Gasteiger partial charge >= 0.3 is 6.09 Å². The molecule has 0 unspecified atom stereocenters. The third kappa shape index (κ3) is 4.61. The molecule has 0 N–H and O–H groups in total.